The van der Waals surface area contributed by atoms with Gasteiger partial charge in [0, 0.05) is 24.4 Å². The van der Waals surface area contributed by atoms with Crippen LogP contribution in [0.1, 0.15) is 12.0 Å². The van der Waals surface area contributed by atoms with Crippen molar-refractivity contribution in [1.82, 2.24) is 15.3 Å². The lowest BCUT2D eigenvalue weighted by molar-refractivity contribution is -0.131. The molecule has 0 bridgehead atoms. The molecule has 1 heterocycles. The number of amides is 1. The third kappa shape index (κ3) is 5.29. The first-order chi connectivity index (χ1) is 12.0. The van der Waals surface area contributed by atoms with Crippen molar-refractivity contribution in [3.8, 4) is 11.4 Å². The molecule has 0 aliphatic heterocycles. The Bertz CT molecular complexity index is 802. The summed E-state index contributed by atoms with van der Waals surface area (Å²) in [6.07, 6.45) is 5.33. The lowest BCUT2D eigenvalue weighted by Gasteiger charge is -2.08. The number of allylic oxidation sites excluding steroid dienone is 1. The molecule has 2 N–H and O–H groups in total. The van der Waals surface area contributed by atoms with Gasteiger partial charge in [0.25, 0.3) is 0 Å². The van der Waals surface area contributed by atoms with Crippen LogP contribution >= 0.6 is 12.6 Å². The number of hydrogen-bond donors (Lipinski definition) is 3. The number of thiol groups is 1. The lowest BCUT2D eigenvalue weighted by Crippen LogP contribution is -2.24. The number of benzene rings is 1. The van der Waals surface area contributed by atoms with Gasteiger partial charge in [-0.05, 0) is 24.1 Å². The molecule has 2 rings (SSSR count). The molecule has 1 amide bonds. The van der Waals surface area contributed by atoms with Gasteiger partial charge in [-0.15, -0.1) is 12.6 Å². The van der Waals surface area contributed by atoms with Crippen LogP contribution in [0.2, 0.25) is 0 Å². The molecule has 7 heteroatoms. The van der Waals surface area contributed by atoms with Crippen LogP contribution in [-0.2, 0) is 16.0 Å². The van der Waals surface area contributed by atoms with Gasteiger partial charge in [0.15, 0.2) is 5.82 Å². The van der Waals surface area contributed by atoms with E-state index in [1.807, 2.05) is 24.3 Å². The van der Waals surface area contributed by atoms with Crippen molar-refractivity contribution in [2.45, 2.75) is 12.8 Å². The van der Waals surface area contributed by atoms with E-state index in [1.165, 1.54) is 6.08 Å². The van der Waals surface area contributed by atoms with Gasteiger partial charge >= 0.3 is 5.97 Å². The molecule has 0 unspecified atom stereocenters. The van der Waals surface area contributed by atoms with Gasteiger partial charge in [0.1, 0.15) is 4.91 Å². The molecule has 0 aliphatic rings. The highest BCUT2D eigenvalue weighted by atomic mass is 32.1. The first-order valence-electron chi connectivity index (χ1n) is 7.46. The van der Waals surface area contributed by atoms with Gasteiger partial charge in [0.05, 0.1) is 5.70 Å². The molecular formula is C18H17N3O3S. The Hall–Kier alpha value is -2.93. The quantitative estimate of drug-likeness (QED) is 0.403. The van der Waals surface area contributed by atoms with Gasteiger partial charge in [-0.25, -0.2) is 14.8 Å². The number of carboxylic acid groups (broad SMARTS) is 1. The Morgan fingerprint density at radius 2 is 1.84 bits per heavy atom. The lowest BCUT2D eigenvalue weighted by atomic mass is 10.1. The van der Waals surface area contributed by atoms with E-state index in [-0.39, 0.29) is 22.9 Å². The first kappa shape index (κ1) is 18.4. The number of aryl methyl sites for hydroxylation is 1. The average molecular weight is 355 g/mol. The van der Waals surface area contributed by atoms with E-state index < -0.39 is 5.97 Å². The molecule has 0 spiro atoms. The molecule has 0 fully saturated rings. The van der Waals surface area contributed by atoms with Crippen LogP contribution in [0, 0.1) is 0 Å². The van der Waals surface area contributed by atoms with E-state index in [0.717, 1.165) is 11.1 Å². The molecule has 0 atom stereocenters. The van der Waals surface area contributed by atoms with Crippen molar-refractivity contribution >= 4 is 24.5 Å². The molecule has 1 aromatic carbocycles. The molecule has 128 valence electrons. The van der Waals surface area contributed by atoms with Crippen LogP contribution in [0.5, 0.6) is 0 Å². The van der Waals surface area contributed by atoms with Crippen LogP contribution in [0.15, 0.2) is 66.0 Å². The second-order valence-electron chi connectivity index (χ2n) is 5.09. The smallest absolute Gasteiger partial charge is 0.344 e. The van der Waals surface area contributed by atoms with Crippen LogP contribution in [-0.4, -0.2) is 27.0 Å². The number of aromatic nitrogens is 2. The Labute approximate surface area is 150 Å². The fourth-order valence-corrected chi connectivity index (χ4v) is 2.21. The summed E-state index contributed by atoms with van der Waals surface area (Å²) in [5.41, 5.74) is 1.95. The van der Waals surface area contributed by atoms with Gasteiger partial charge in [-0.2, -0.15) is 0 Å². The van der Waals surface area contributed by atoms with Crippen LogP contribution < -0.4 is 5.32 Å². The van der Waals surface area contributed by atoms with Crippen molar-refractivity contribution < 1.29 is 14.7 Å². The Morgan fingerprint density at radius 1 is 1.20 bits per heavy atom. The normalized spacial score (nSPS) is 11.4. The summed E-state index contributed by atoms with van der Waals surface area (Å²) >= 11 is 3.84. The van der Waals surface area contributed by atoms with Gasteiger partial charge in [0.2, 0.25) is 5.91 Å². The maximum atomic E-state index is 12.0. The van der Waals surface area contributed by atoms with Crippen LogP contribution in [0.3, 0.4) is 0 Å². The van der Waals surface area contributed by atoms with Gasteiger partial charge in [-0.1, -0.05) is 30.8 Å². The van der Waals surface area contributed by atoms with Crippen molar-refractivity contribution in [2.24, 2.45) is 0 Å². The minimum atomic E-state index is -1.22. The number of carbonyl (C=O) groups excluding carboxylic acids is 1. The maximum Gasteiger partial charge on any atom is 0.344 e. The fraction of sp³-hybridized carbons (Fsp3) is 0.111. The maximum absolute atomic E-state index is 12.0. The zero-order valence-corrected chi connectivity index (χ0v) is 14.2. The number of carboxylic acids is 1. The third-order valence-corrected chi connectivity index (χ3v) is 3.79. The number of nitrogens with one attached hydrogen (secondary N) is 1. The summed E-state index contributed by atoms with van der Waals surface area (Å²) in [4.78, 5) is 30.9. The van der Waals surface area contributed by atoms with E-state index >= 15 is 0 Å². The Kier molecular flexibility index (Phi) is 6.47. The van der Waals surface area contributed by atoms with Crippen molar-refractivity contribution in [1.29, 1.82) is 0 Å². The summed E-state index contributed by atoms with van der Waals surface area (Å²) < 4.78 is 0. The van der Waals surface area contributed by atoms with E-state index in [1.54, 1.807) is 18.5 Å². The molecule has 0 saturated heterocycles. The summed E-state index contributed by atoms with van der Waals surface area (Å²) in [7, 11) is 0. The van der Waals surface area contributed by atoms with E-state index in [9.17, 15) is 9.59 Å². The topological polar surface area (TPSA) is 92.2 Å². The monoisotopic (exact) mass is 355 g/mol. The van der Waals surface area contributed by atoms with Crippen molar-refractivity contribution in [3.63, 3.8) is 0 Å². The SMILES string of the molecule is C=C/C(NC(=O)CCc1ccc(-c2ncccn2)cc1)=C(\S)C(=O)O. The zero-order chi connectivity index (χ0) is 18.2. The van der Waals surface area contributed by atoms with Crippen molar-refractivity contribution in [3.05, 3.63) is 71.5 Å². The molecule has 25 heavy (non-hydrogen) atoms. The highest BCUT2D eigenvalue weighted by molar-refractivity contribution is 7.85. The second kappa shape index (κ2) is 8.79. The number of carbonyl (C=O) groups is 2. The Balaban J connectivity index is 1.95. The molecule has 0 saturated carbocycles. The highest BCUT2D eigenvalue weighted by Gasteiger charge is 2.11. The first-order valence-corrected chi connectivity index (χ1v) is 7.91. The summed E-state index contributed by atoms with van der Waals surface area (Å²) in [5, 5.41) is 11.4. The average Bonchev–Trinajstić information content (AvgIpc) is 2.65. The van der Waals surface area contributed by atoms with Crippen LogP contribution in [0.4, 0.5) is 0 Å². The number of aliphatic carboxylic acids is 1. The van der Waals surface area contributed by atoms with Crippen LogP contribution in [0.25, 0.3) is 11.4 Å². The summed E-state index contributed by atoms with van der Waals surface area (Å²) in [5.74, 6) is -0.891. The molecule has 6 nitrogen and oxygen atoms in total. The summed E-state index contributed by atoms with van der Waals surface area (Å²) in [6, 6.07) is 9.36. The van der Waals surface area contributed by atoms with Crippen molar-refractivity contribution in [2.75, 3.05) is 0 Å². The Morgan fingerprint density at radius 3 is 2.40 bits per heavy atom. The number of rotatable bonds is 7. The van der Waals surface area contributed by atoms with E-state index in [0.29, 0.717) is 12.2 Å². The molecule has 0 radical (unpaired) electrons. The third-order valence-electron chi connectivity index (χ3n) is 3.35. The highest BCUT2D eigenvalue weighted by Crippen LogP contribution is 2.15. The minimum absolute atomic E-state index is 0.0809. The predicted molar refractivity (Wildman–Crippen MR) is 97.8 cm³/mol. The fourth-order valence-electron chi connectivity index (χ4n) is 2.06. The standard InChI is InChI=1S/C18H17N3O3S/c1-2-14(16(25)18(23)24)21-15(22)9-6-12-4-7-13(8-5-12)17-19-10-3-11-20-17/h2-5,7-8,10-11,25H,1,6,9H2,(H,21,22)(H,23,24)/b16-14+. The minimum Gasteiger partial charge on any atom is -0.477 e. The van der Waals surface area contributed by atoms with E-state index in [2.05, 4.69) is 34.5 Å². The molecule has 0 aliphatic carbocycles. The summed E-state index contributed by atoms with van der Waals surface area (Å²) in [6.45, 7) is 3.48. The second-order valence-corrected chi connectivity index (χ2v) is 5.54. The zero-order valence-electron chi connectivity index (χ0n) is 13.3. The molecule has 2 aromatic rings. The van der Waals surface area contributed by atoms with E-state index in [4.69, 9.17) is 5.11 Å². The van der Waals surface area contributed by atoms with Gasteiger partial charge < -0.3 is 10.4 Å². The van der Waals surface area contributed by atoms with Gasteiger partial charge in [-0.3, -0.25) is 4.79 Å². The predicted octanol–water partition coefficient (Wildman–Crippen LogP) is 2.60. The largest absolute Gasteiger partial charge is 0.477 e. The molecule has 1 aromatic heterocycles. The number of hydrogen-bond acceptors (Lipinski definition) is 5. The number of nitrogens with zero attached hydrogens (tertiary/aromatic N) is 2. The molecular weight excluding hydrogens is 338 g/mol.